The lowest BCUT2D eigenvalue weighted by Gasteiger charge is -2.07. The van der Waals surface area contributed by atoms with Crippen molar-refractivity contribution in [2.24, 2.45) is 5.73 Å². The first-order valence-corrected chi connectivity index (χ1v) is 5.76. The van der Waals surface area contributed by atoms with Crippen LogP contribution >= 0.6 is 0 Å². The molecule has 98 valence electrons. The van der Waals surface area contributed by atoms with E-state index in [0.717, 1.165) is 6.42 Å². The maximum Gasteiger partial charge on any atom is 0.248 e. The number of carbonyl (C=O) groups excluding carboxylic acids is 1. The number of allylic oxidation sites excluding steroid dienone is 1. The molecule has 6 nitrogen and oxygen atoms in total. The number of aryl methyl sites for hydroxylation is 1. The molecule has 0 spiro atoms. The molecule has 0 atom stereocenters. The summed E-state index contributed by atoms with van der Waals surface area (Å²) >= 11 is 0. The Morgan fingerprint density at radius 3 is 2.84 bits per heavy atom. The summed E-state index contributed by atoms with van der Waals surface area (Å²) in [4.78, 5) is 15.4. The fourth-order valence-corrected chi connectivity index (χ4v) is 1.80. The molecule has 4 N–H and O–H groups in total. The third-order valence-electron chi connectivity index (χ3n) is 2.88. The van der Waals surface area contributed by atoms with Gasteiger partial charge >= 0.3 is 0 Å². The van der Waals surface area contributed by atoms with Gasteiger partial charge < -0.3 is 11.5 Å². The third-order valence-corrected chi connectivity index (χ3v) is 2.88. The van der Waals surface area contributed by atoms with Gasteiger partial charge in [-0.3, -0.25) is 4.79 Å². The summed E-state index contributed by atoms with van der Waals surface area (Å²) in [6.07, 6.45) is 5.71. The highest BCUT2D eigenvalue weighted by Gasteiger charge is 2.14. The van der Waals surface area contributed by atoms with Crippen LogP contribution in [-0.2, 0) is 11.3 Å². The molecule has 0 aliphatic rings. The number of anilines is 1. The highest BCUT2D eigenvalue weighted by molar-refractivity contribution is 6.20. The van der Waals surface area contributed by atoms with Crippen molar-refractivity contribution in [3.63, 3.8) is 0 Å². The number of nitrogens with zero attached hydrogens (tertiary/aromatic N) is 3. The summed E-state index contributed by atoms with van der Waals surface area (Å²) < 4.78 is 1.74. The average Bonchev–Trinajstić information content (AvgIpc) is 2.80. The van der Waals surface area contributed by atoms with Crippen LogP contribution in [0.1, 0.15) is 12.0 Å². The van der Waals surface area contributed by atoms with Crippen molar-refractivity contribution in [3.8, 4) is 0 Å². The molecule has 2 aromatic rings. The predicted octanol–water partition coefficient (Wildman–Crippen LogP) is 1.09. The van der Waals surface area contributed by atoms with E-state index >= 15 is 0 Å². The van der Waals surface area contributed by atoms with Crippen LogP contribution < -0.4 is 11.5 Å². The predicted molar refractivity (Wildman–Crippen MR) is 75.0 cm³/mol. The van der Waals surface area contributed by atoms with Crippen LogP contribution in [0.5, 0.6) is 0 Å². The van der Waals surface area contributed by atoms with Gasteiger partial charge in [-0.2, -0.15) is 5.10 Å². The molecule has 2 rings (SSSR count). The van der Waals surface area contributed by atoms with Crippen molar-refractivity contribution in [2.75, 3.05) is 5.73 Å². The Balaban J connectivity index is 2.52. The molecule has 0 bridgehead atoms. The number of nitrogen functional groups attached to an aromatic ring is 1. The van der Waals surface area contributed by atoms with Gasteiger partial charge in [0, 0.05) is 23.9 Å². The van der Waals surface area contributed by atoms with Crippen LogP contribution in [0.25, 0.3) is 16.6 Å². The molecular weight excluding hydrogens is 242 g/mol. The lowest BCUT2D eigenvalue weighted by atomic mass is 10.1. The van der Waals surface area contributed by atoms with E-state index in [2.05, 4.69) is 23.2 Å². The van der Waals surface area contributed by atoms with Gasteiger partial charge in [0.15, 0.2) is 5.65 Å². The van der Waals surface area contributed by atoms with Crippen LogP contribution in [-0.4, -0.2) is 20.7 Å². The highest BCUT2D eigenvalue weighted by Crippen LogP contribution is 2.27. The summed E-state index contributed by atoms with van der Waals surface area (Å²) in [7, 11) is 0. The summed E-state index contributed by atoms with van der Waals surface area (Å²) in [6, 6.07) is 0. The van der Waals surface area contributed by atoms with Gasteiger partial charge in [-0.1, -0.05) is 12.7 Å². The topological polar surface area (TPSA) is 99.8 Å². The number of primary amides is 1. The van der Waals surface area contributed by atoms with E-state index in [9.17, 15) is 4.79 Å². The number of hydrogen-bond acceptors (Lipinski definition) is 4. The van der Waals surface area contributed by atoms with E-state index in [4.69, 9.17) is 11.5 Å². The molecule has 2 aromatic heterocycles. The Kier molecular flexibility index (Phi) is 3.33. The van der Waals surface area contributed by atoms with Crippen LogP contribution in [0.2, 0.25) is 0 Å². The third kappa shape index (κ3) is 2.20. The van der Waals surface area contributed by atoms with Gasteiger partial charge in [-0.05, 0) is 6.42 Å². The number of carbonyl (C=O) groups is 1. The monoisotopic (exact) mass is 257 g/mol. The van der Waals surface area contributed by atoms with Gasteiger partial charge in [0.1, 0.15) is 0 Å². The number of fused-ring (bicyclic) bond motifs is 1. The van der Waals surface area contributed by atoms with E-state index in [-0.39, 0.29) is 5.57 Å². The molecule has 1 amide bonds. The summed E-state index contributed by atoms with van der Waals surface area (Å²) in [5.41, 5.74) is 12.9. The van der Waals surface area contributed by atoms with Crippen molar-refractivity contribution >= 4 is 28.2 Å². The normalized spacial score (nSPS) is 10.5. The van der Waals surface area contributed by atoms with E-state index in [0.29, 0.717) is 28.8 Å². The van der Waals surface area contributed by atoms with Crippen molar-refractivity contribution in [2.45, 2.75) is 13.0 Å². The Labute approximate surface area is 110 Å². The molecule has 6 heteroatoms. The molecule has 0 unspecified atom stereocenters. The lowest BCUT2D eigenvalue weighted by Crippen LogP contribution is -2.13. The maximum atomic E-state index is 11.1. The number of amides is 1. The number of nitrogens with two attached hydrogens (primary N) is 2. The summed E-state index contributed by atoms with van der Waals surface area (Å²) in [5, 5.41) is 4.90. The molecule has 0 saturated carbocycles. The quantitative estimate of drug-likeness (QED) is 0.618. The number of rotatable bonds is 5. The molecule has 0 radical (unpaired) electrons. The lowest BCUT2D eigenvalue weighted by molar-refractivity contribution is -0.112. The Bertz CT molecular complexity index is 671. The van der Waals surface area contributed by atoms with E-state index < -0.39 is 5.91 Å². The molecule has 19 heavy (non-hydrogen) atoms. The van der Waals surface area contributed by atoms with Crippen molar-refractivity contribution in [1.82, 2.24) is 14.8 Å². The van der Waals surface area contributed by atoms with Gasteiger partial charge in [0.2, 0.25) is 5.91 Å². The summed E-state index contributed by atoms with van der Waals surface area (Å²) in [5.74, 6) is -0.619. The summed E-state index contributed by atoms with van der Waals surface area (Å²) in [6.45, 7) is 7.95. The second-order valence-electron chi connectivity index (χ2n) is 4.11. The molecule has 0 aliphatic carbocycles. The zero-order valence-electron chi connectivity index (χ0n) is 10.5. The first-order chi connectivity index (χ1) is 9.06. The van der Waals surface area contributed by atoms with Crippen molar-refractivity contribution < 1.29 is 4.79 Å². The largest absolute Gasteiger partial charge is 0.398 e. The van der Waals surface area contributed by atoms with E-state index in [1.165, 1.54) is 6.20 Å². The molecular formula is C13H15N5O. The molecule has 0 aromatic carbocycles. The molecule has 2 heterocycles. The minimum Gasteiger partial charge on any atom is -0.398 e. The fraction of sp³-hybridized carbons (Fsp3) is 0.154. The van der Waals surface area contributed by atoms with Crippen molar-refractivity contribution in [3.05, 3.63) is 37.2 Å². The number of hydrogen-bond donors (Lipinski definition) is 2. The van der Waals surface area contributed by atoms with Crippen LogP contribution in [0, 0.1) is 0 Å². The Hall–Kier alpha value is -2.63. The molecule has 0 aliphatic heterocycles. The van der Waals surface area contributed by atoms with Gasteiger partial charge in [-0.15, -0.1) is 6.58 Å². The van der Waals surface area contributed by atoms with Crippen LogP contribution in [0.15, 0.2) is 31.6 Å². The van der Waals surface area contributed by atoms with Gasteiger partial charge in [0.05, 0.1) is 17.3 Å². The minimum absolute atomic E-state index is 0.144. The highest BCUT2D eigenvalue weighted by atomic mass is 16.1. The SMILES string of the molecule is C=CCCn1ncc2c(N)c(C(=C)C(N)=O)cnc21. The van der Waals surface area contributed by atoms with Crippen molar-refractivity contribution in [1.29, 1.82) is 0 Å². The Morgan fingerprint density at radius 1 is 1.47 bits per heavy atom. The van der Waals surface area contributed by atoms with Gasteiger partial charge in [0.25, 0.3) is 0 Å². The van der Waals surface area contributed by atoms with Gasteiger partial charge in [-0.25, -0.2) is 9.67 Å². The maximum absolute atomic E-state index is 11.1. The average molecular weight is 257 g/mol. The fourth-order valence-electron chi connectivity index (χ4n) is 1.80. The van der Waals surface area contributed by atoms with Crippen LogP contribution in [0.4, 0.5) is 5.69 Å². The van der Waals surface area contributed by atoms with E-state index in [1.54, 1.807) is 17.0 Å². The number of aromatic nitrogens is 3. The smallest absolute Gasteiger partial charge is 0.248 e. The minimum atomic E-state index is -0.619. The molecule has 0 fully saturated rings. The first kappa shape index (κ1) is 12.8. The first-order valence-electron chi connectivity index (χ1n) is 5.76. The van der Waals surface area contributed by atoms with Crippen LogP contribution in [0.3, 0.4) is 0 Å². The molecule has 0 saturated heterocycles. The zero-order chi connectivity index (χ0) is 14.0. The van der Waals surface area contributed by atoms with E-state index in [1.807, 2.05) is 0 Å². The zero-order valence-corrected chi connectivity index (χ0v) is 10.5. The Morgan fingerprint density at radius 2 is 2.21 bits per heavy atom. The second kappa shape index (κ2) is 4.93. The number of pyridine rings is 1. The second-order valence-corrected chi connectivity index (χ2v) is 4.11. The standard InChI is InChI=1S/C13H15N5O/c1-3-4-5-18-13-10(7-17-18)11(14)9(6-16-13)8(2)12(15)19/h3,6-7H,1-2,4-5H2,(H2,14,16)(H2,15,19).